The topological polar surface area (TPSA) is 0 Å². The van der Waals surface area contributed by atoms with Gasteiger partial charge < -0.3 is 7.43 Å². The minimum atomic E-state index is 0. The predicted octanol–water partition coefficient (Wildman–Crippen LogP) is 4.55. The van der Waals surface area contributed by atoms with E-state index in [1.54, 1.807) is 0 Å². The van der Waals surface area contributed by atoms with E-state index in [-0.39, 0.29) is 106 Å². The summed E-state index contributed by atoms with van der Waals surface area (Å²) in [4.78, 5) is 0. The first kappa shape index (κ1) is 44.1. The van der Waals surface area contributed by atoms with Crippen LogP contribution in [0.5, 0.6) is 0 Å². The zero-order chi connectivity index (χ0) is 8.28. The van der Waals surface area contributed by atoms with Gasteiger partial charge in [0.05, 0.1) is 0 Å². The molecule has 0 bridgehead atoms. The van der Waals surface area contributed by atoms with Crippen LogP contribution in [-0.2, 0) is 98.1 Å². The molecule has 0 aromatic rings. The Balaban J connectivity index is -0.00000000818. The molecule has 0 aliphatic heterocycles. The third-order valence-corrected chi connectivity index (χ3v) is 0.816. The first-order chi connectivity index (χ1) is 4.27. The molecule has 77 valence electrons. The van der Waals surface area contributed by atoms with Crippen molar-refractivity contribution in [2.45, 2.75) is 54.9 Å². The van der Waals surface area contributed by atoms with Gasteiger partial charge in [0, 0.05) is 98.1 Å². The average molecular weight is 414 g/mol. The Kier molecular flexibility index (Phi) is 199. The van der Waals surface area contributed by atoms with Crippen molar-refractivity contribution < 1.29 is 98.1 Å². The van der Waals surface area contributed by atoms with Crippen molar-refractivity contribution in [3.8, 4) is 0 Å². The van der Waals surface area contributed by atoms with Crippen LogP contribution in [-0.4, -0.2) is 0 Å². The standard InChI is InChI=1S/C5H12.2C2H6.CH3.3Y/c1-4-5(2)3;2*1-2;;;;/h5H,4H2,1-3H3;2*1-2H3;1H3;;;/q;;;-1;;;. The molecule has 0 nitrogen and oxygen atoms in total. The van der Waals surface area contributed by atoms with Gasteiger partial charge in [-0.15, -0.1) is 0 Å². The second kappa shape index (κ2) is 58.7. The van der Waals surface area contributed by atoms with Crippen LogP contribution in [0, 0.1) is 13.3 Å². The molecule has 3 heteroatoms. The number of hydrogen-bond acceptors (Lipinski definition) is 0. The summed E-state index contributed by atoms with van der Waals surface area (Å²) >= 11 is 0. The molecule has 0 unspecified atom stereocenters. The zero-order valence-corrected chi connectivity index (χ0v) is 19.5. The largest absolute Gasteiger partial charge is 0.358 e. The predicted molar refractivity (Wildman–Crippen MR) is 54.2 cm³/mol. The first-order valence-electron chi connectivity index (χ1n) is 4.27. The van der Waals surface area contributed by atoms with E-state index in [2.05, 4.69) is 20.8 Å². The molecule has 3 radical (unpaired) electrons. The van der Waals surface area contributed by atoms with E-state index < -0.39 is 0 Å². The van der Waals surface area contributed by atoms with Gasteiger partial charge in [-0.1, -0.05) is 54.9 Å². The van der Waals surface area contributed by atoms with Gasteiger partial charge in [-0.05, 0) is 5.92 Å². The monoisotopic (exact) mass is 414 g/mol. The third-order valence-electron chi connectivity index (χ3n) is 0.816. The summed E-state index contributed by atoms with van der Waals surface area (Å²) in [5.41, 5.74) is 0. The van der Waals surface area contributed by atoms with Gasteiger partial charge in [0.25, 0.3) is 0 Å². The van der Waals surface area contributed by atoms with Crippen LogP contribution in [0.2, 0.25) is 0 Å². The van der Waals surface area contributed by atoms with Crippen molar-refractivity contribution >= 4 is 0 Å². The van der Waals surface area contributed by atoms with Crippen molar-refractivity contribution in [2.24, 2.45) is 5.92 Å². The SMILES string of the molecule is CC.CC.CCC(C)C.[CH3-].[Y].[Y].[Y]. The maximum atomic E-state index is 2.22. The normalized spacial score (nSPS) is 4.62. The summed E-state index contributed by atoms with van der Waals surface area (Å²) in [5.74, 6) is 0.884. The van der Waals surface area contributed by atoms with E-state index in [9.17, 15) is 0 Å². The summed E-state index contributed by atoms with van der Waals surface area (Å²) in [5, 5.41) is 0. The van der Waals surface area contributed by atoms with Crippen molar-refractivity contribution in [2.75, 3.05) is 0 Å². The molecule has 0 amide bonds. The summed E-state index contributed by atoms with van der Waals surface area (Å²) in [6.07, 6.45) is 1.31. The van der Waals surface area contributed by atoms with E-state index in [1.165, 1.54) is 6.42 Å². The van der Waals surface area contributed by atoms with Crippen LogP contribution in [0.25, 0.3) is 0 Å². The fourth-order valence-corrected chi connectivity index (χ4v) is 0. The molecule has 0 aliphatic carbocycles. The fraction of sp³-hybridized carbons (Fsp3) is 0.900. The summed E-state index contributed by atoms with van der Waals surface area (Å²) in [6.45, 7) is 14.6. The molecular weight excluding hydrogens is 387 g/mol. The van der Waals surface area contributed by atoms with Crippen LogP contribution < -0.4 is 0 Å². The van der Waals surface area contributed by atoms with Gasteiger partial charge >= 0.3 is 0 Å². The Hall–Kier alpha value is 3.31. The molecule has 0 aromatic heterocycles. The molecule has 0 heterocycles. The molecule has 0 saturated heterocycles. The molecule has 0 N–H and O–H groups in total. The van der Waals surface area contributed by atoms with Gasteiger partial charge in [0.1, 0.15) is 0 Å². The zero-order valence-electron chi connectivity index (χ0n) is 11.0. The first-order valence-corrected chi connectivity index (χ1v) is 4.27. The van der Waals surface area contributed by atoms with Crippen LogP contribution in [0.15, 0.2) is 0 Å². The van der Waals surface area contributed by atoms with Crippen molar-refractivity contribution in [3.05, 3.63) is 7.43 Å². The van der Waals surface area contributed by atoms with E-state index in [0.29, 0.717) is 0 Å². The van der Waals surface area contributed by atoms with Gasteiger partial charge in [0.15, 0.2) is 0 Å². The Bertz CT molecular complexity index is 24.1. The van der Waals surface area contributed by atoms with Crippen LogP contribution in [0.4, 0.5) is 0 Å². The molecule has 0 spiro atoms. The molecule has 0 fully saturated rings. The molecule has 0 saturated carbocycles. The van der Waals surface area contributed by atoms with Gasteiger partial charge in [-0.3, -0.25) is 0 Å². The quantitative estimate of drug-likeness (QED) is 0.553. The summed E-state index contributed by atoms with van der Waals surface area (Å²) < 4.78 is 0. The second-order valence-electron chi connectivity index (χ2n) is 1.80. The Morgan fingerprint density at radius 3 is 0.846 bits per heavy atom. The van der Waals surface area contributed by atoms with Crippen molar-refractivity contribution in [1.82, 2.24) is 0 Å². The van der Waals surface area contributed by atoms with Gasteiger partial charge in [0.2, 0.25) is 0 Å². The van der Waals surface area contributed by atoms with Crippen LogP contribution >= 0.6 is 0 Å². The molecule has 0 atom stereocenters. The smallest absolute Gasteiger partial charge is 0 e. The molecular formula is C10H27Y3-. The van der Waals surface area contributed by atoms with Gasteiger partial charge in [-0.25, -0.2) is 0 Å². The van der Waals surface area contributed by atoms with Crippen LogP contribution in [0.1, 0.15) is 54.9 Å². The number of hydrogen-bond donors (Lipinski definition) is 0. The summed E-state index contributed by atoms with van der Waals surface area (Å²) in [6, 6.07) is 0. The summed E-state index contributed by atoms with van der Waals surface area (Å²) in [7, 11) is 0. The molecule has 0 rings (SSSR count). The average Bonchev–Trinajstić information content (AvgIpc) is 1.97. The maximum absolute atomic E-state index is 2.22. The van der Waals surface area contributed by atoms with Crippen molar-refractivity contribution in [1.29, 1.82) is 0 Å². The minimum absolute atomic E-state index is 0. The minimum Gasteiger partial charge on any atom is -0.358 e. The van der Waals surface area contributed by atoms with Gasteiger partial charge in [-0.2, -0.15) is 0 Å². The van der Waals surface area contributed by atoms with Crippen molar-refractivity contribution in [3.63, 3.8) is 0 Å². The van der Waals surface area contributed by atoms with E-state index in [4.69, 9.17) is 0 Å². The van der Waals surface area contributed by atoms with E-state index >= 15 is 0 Å². The molecule has 0 aromatic carbocycles. The van der Waals surface area contributed by atoms with E-state index in [1.807, 2.05) is 27.7 Å². The fourth-order valence-electron chi connectivity index (χ4n) is 0. The Morgan fingerprint density at radius 2 is 0.846 bits per heavy atom. The third kappa shape index (κ3) is 96.2. The molecule has 13 heavy (non-hydrogen) atoms. The Labute approximate surface area is 163 Å². The van der Waals surface area contributed by atoms with E-state index in [0.717, 1.165) is 5.92 Å². The Morgan fingerprint density at radius 1 is 0.769 bits per heavy atom. The number of rotatable bonds is 1. The van der Waals surface area contributed by atoms with Crippen LogP contribution in [0.3, 0.4) is 0 Å². The maximum Gasteiger partial charge on any atom is 0 e. The second-order valence-corrected chi connectivity index (χ2v) is 1.80. The molecule has 0 aliphatic rings.